The summed E-state index contributed by atoms with van der Waals surface area (Å²) in [6.07, 6.45) is 3.78. The molecule has 6 heteroatoms. The monoisotopic (exact) mass is 244 g/mol. The molecule has 6 nitrogen and oxygen atoms in total. The molecule has 1 aliphatic rings. The summed E-state index contributed by atoms with van der Waals surface area (Å²) < 4.78 is 0. The molecule has 0 aliphatic carbocycles. The number of nitrogens with one attached hydrogen (secondary N) is 2. The van der Waals surface area contributed by atoms with Crippen LogP contribution in [0, 0.1) is 0 Å². The molecule has 0 saturated carbocycles. The minimum Gasteiger partial charge on any atom is -0.332 e. The van der Waals surface area contributed by atoms with Crippen LogP contribution in [-0.2, 0) is 13.0 Å². The summed E-state index contributed by atoms with van der Waals surface area (Å²) in [5.41, 5.74) is 2.09. The number of aromatic amines is 2. The lowest BCUT2D eigenvalue weighted by Crippen LogP contribution is -2.36. The smallest absolute Gasteiger partial charge is 0.267 e. The first-order chi connectivity index (χ1) is 8.75. The van der Waals surface area contributed by atoms with Gasteiger partial charge in [0.05, 0.1) is 12.2 Å². The van der Waals surface area contributed by atoms with Crippen molar-refractivity contribution >= 4 is 5.91 Å². The summed E-state index contributed by atoms with van der Waals surface area (Å²) in [6.45, 7) is 1.00. The second-order valence-electron chi connectivity index (χ2n) is 4.25. The molecule has 0 bridgehead atoms. The number of amides is 1. The van der Waals surface area contributed by atoms with E-state index in [9.17, 15) is 9.59 Å². The van der Waals surface area contributed by atoms with Crippen molar-refractivity contribution in [2.24, 2.45) is 0 Å². The van der Waals surface area contributed by atoms with Crippen LogP contribution in [0.25, 0.3) is 0 Å². The highest BCUT2D eigenvalue weighted by atomic mass is 16.2. The number of hydrogen-bond acceptors (Lipinski definition) is 3. The fourth-order valence-electron chi connectivity index (χ4n) is 2.19. The molecule has 0 atom stereocenters. The van der Waals surface area contributed by atoms with E-state index in [0.29, 0.717) is 25.1 Å². The van der Waals surface area contributed by atoms with E-state index >= 15 is 0 Å². The molecule has 0 spiro atoms. The van der Waals surface area contributed by atoms with Gasteiger partial charge in [-0.2, -0.15) is 0 Å². The largest absolute Gasteiger partial charge is 0.332 e. The summed E-state index contributed by atoms with van der Waals surface area (Å²) in [4.78, 5) is 29.2. The molecule has 0 saturated heterocycles. The lowest BCUT2D eigenvalue weighted by atomic mass is 10.1. The van der Waals surface area contributed by atoms with Crippen molar-refractivity contribution in [1.29, 1.82) is 0 Å². The van der Waals surface area contributed by atoms with Gasteiger partial charge in [-0.15, -0.1) is 0 Å². The first kappa shape index (κ1) is 10.8. The quantitative estimate of drug-likeness (QED) is 0.756. The molecule has 92 valence electrons. The molecule has 0 radical (unpaired) electrons. The maximum Gasteiger partial charge on any atom is 0.267 e. The molecular weight excluding hydrogens is 232 g/mol. The topological polar surface area (TPSA) is 81.8 Å². The number of carbonyl (C=O) groups is 1. The number of nitrogens with zero attached hydrogens (tertiary/aromatic N) is 2. The van der Waals surface area contributed by atoms with Crippen molar-refractivity contribution in [3.8, 4) is 0 Å². The SMILES string of the molecule is O=C(c1ccncc1)N1CCc2c([nH][nH]c2=O)C1. The standard InChI is InChI=1S/C12H12N4O2/c17-11-9-3-6-16(7-10(9)14-15-11)12(18)8-1-4-13-5-2-8/h1-2,4-5H,3,6-7H2,(H2,14,15,17). The second kappa shape index (κ2) is 4.14. The first-order valence-corrected chi connectivity index (χ1v) is 5.73. The molecule has 0 fully saturated rings. The summed E-state index contributed by atoms with van der Waals surface area (Å²) in [7, 11) is 0. The van der Waals surface area contributed by atoms with Crippen LogP contribution < -0.4 is 5.56 Å². The number of H-pyrrole nitrogens is 2. The summed E-state index contributed by atoms with van der Waals surface area (Å²) in [5.74, 6) is -0.0369. The van der Waals surface area contributed by atoms with E-state index in [1.807, 2.05) is 0 Å². The van der Waals surface area contributed by atoms with E-state index in [2.05, 4.69) is 15.2 Å². The van der Waals surface area contributed by atoms with Crippen LogP contribution in [-0.4, -0.2) is 32.5 Å². The van der Waals surface area contributed by atoms with Gasteiger partial charge in [0.25, 0.3) is 11.5 Å². The van der Waals surface area contributed by atoms with E-state index in [1.165, 1.54) is 0 Å². The molecule has 0 unspecified atom stereocenters. The number of carbonyl (C=O) groups excluding carboxylic acids is 1. The Morgan fingerprint density at radius 1 is 1.28 bits per heavy atom. The van der Waals surface area contributed by atoms with Gasteiger partial charge in [-0.05, 0) is 18.6 Å². The summed E-state index contributed by atoms with van der Waals surface area (Å²) in [5, 5.41) is 5.37. The van der Waals surface area contributed by atoms with Gasteiger partial charge in [0.1, 0.15) is 0 Å². The molecule has 3 rings (SSSR count). The highest BCUT2D eigenvalue weighted by Crippen LogP contribution is 2.15. The summed E-state index contributed by atoms with van der Waals surface area (Å²) >= 11 is 0. The number of rotatable bonds is 1. The van der Waals surface area contributed by atoms with Crippen molar-refractivity contribution in [2.75, 3.05) is 6.54 Å². The van der Waals surface area contributed by atoms with Crippen molar-refractivity contribution in [3.63, 3.8) is 0 Å². The molecule has 2 N–H and O–H groups in total. The van der Waals surface area contributed by atoms with Crippen LogP contribution in [0.2, 0.25) is 0 Å². The van der Waals surface area contributed by atoms with E-state index in [0.717, 1.165) is 11.3 Å². The zero-order valence-corrected chi connectivity index (χ0v) is 9.64. The molecule has 2 aromatic heterocycles. The van der Waals surface area contributed by atoms with E-state index in [1.54, 1.807) is 29.4 Å². The van der Waals surface area contributed by atoms with Crippen LogP contribution in [0.1, 0.15) is 21.6 Å². The molecule has 18 heavy (non-hydrogen) atoms. The van der Waals surface area contributed by atoms with Crippen molar-refractivity contribution in [2.45, 2.75) is 13.0 Å². The third-order valence-corrected chi connectivity index (χ3v) is 3.16. The number of aromatic nitrogens is 3. The van der Waals surface area contributed by atoms with Crippen molar-refractivity contribution < 1.29 is 4.79 Å². The zero-order chi connectivity index (χ0) is 12.5. The normalized spacial score (nSPS) is 14.3. The average molecular weight is 244 g/mol. The van der Waals surface area contributed by atoms with Crippen LogP contribution in [0.5, 0.6) is 0 Å². The third kappa shape index (κ3) is 1.71. The van der Waals surface area contributed by atoms with Gasteiger partial charge in [0.15, 0.2) is 0 Å². The molecule has 0 aromatic carbocycles. The second-order valence-corrected chi connectivity index (χ2v) is 4.25. The Balaban J connectivity index is 1.84. The minimum absolute atomic E-state index is 0.0369. The van der Waals surface area contributed by atoms with Crippen LogP contribution >= 0.6 is 0 Å². The Morgan fingerprint density at radius 3 is 2.83 bits per heavy atom. The van der Waals surface area contributed by atoms with Crippen LogP contribution in [0.15, 0.2) is 29.3 Å². The molecular formula is C12H12N4O2. The predicted molar refractivity (Wildman–Crippen MR) is 64.1 cm³/mol. The van der Waals surface area contributed by atoms with E-state index in [-0.39, 0.29) is 11.5 Å². The molecule has 3 heterocycles. The van der Waals surface area contributed by atoms with E-state index in [4.69, 9.17) is 0 Å². The Labute approximate surface area is 103 Å². The Kier molecular flexibility index (Phi) is 2.47. The summed E-state index contributed by atoms with van der Waals surface area (Å²) in [6, 6.07) is 3.38. The fourth-order valence-corrected chi connectivity index (χ4v) is 2.19. The first-order valence-electron chi connectivity index (χ1n) is 5.73. The van der Waals surface area contributed by atoms with Gasteiger partial charge in [-0.25, -0.2) is 0 Å². The van der Waals surface area contributed by atoms with Crippen molar-refractivity contribution in [3.05, 3.63) is 51.7 Å². The van der Waals surface area contributed by atoms with Gasteiger partial charge in [0, 0.05) is 30.1 Å². The average Bonchev–Trinajstić information content (AvgIpc) is 2.80. The predicted octanol–water partition coefficient (Wildman–Crippen LogP) is 0.296. The molecule has 2 aromatic rings. The Bertz CT molecular complexity index is 629. The van der Waals surface area contributed by atoms with Gasteiger partial charge >= 0.3 is 0 Å². The Hall–Kier alpha value is -2.37. The minimum atomic E-state index is -0.0824. The van der Waals surface area contributed by atoms with E-state index < -0.39 is 0 Å². The van der Waals surface area contributed by atoms with Crippen LogP contribution in [0.4, 0.5) is 0 Å². The van der Waals surface area contributed by atoms with Crippen molar-refractivity contribution in [1.82, 2.24) is 20.1 Å². The zero-order valence-electron chi connectivity index (χ0n) is 9.64. The maximum atomic E-state index is 12.2. The molecule has 1 amide bonds. The van der Waals surface area contributed by atoms with Gasteiger partial charge in [0.2, 0.25) is 0 Å². The lowest BCUT2D eigenvalue weighted by Gasteiger charge is -2.26. The highest BCUT2D eigenvalue weighted by Gasteiger charge is 2.24. The fraction of sp³-hybridized carbons (Fsp3) is 0.250. The number of fused-ring (bicyclic) bond motifs is 1. The van der Waals surface area contributed by atoms with Gasteiger partial charge in [-0.3, -0.25) is 19.7 Å². The third-order valence-electron chi connectivity index (χ3n) is 3.16. The maximum absolute atomic E-state index is 12.2. The highest BCUT2D eigenvalue weighted by molar-refractivity contribution is 5.94. The van der Waals surface area contributed by atoms with Gasteiger partial charge in [-0.1, -0.05) is 0 Å². The number of hydrogen-bond donors (Lipinski definition) is 2. The Morgan fingerprint density at radius 2 is 2.06 bits per heavy atom. The lowest BCUT2D eigenvalue weighted by molar-refractivity contribution is 0.0732. The van der Waals surface area contributed by atoms with Crippen LogP contribution in [0.3, 0.4) is 0 Å². The number of pyridine rings is 1. The molecule has 1 aliphatic heterocycles. The van der Waals surface area contributed by atoms with Gasteiger partial charge < -0.3 is 10.00 Å².